The minimum atomic E-state index is -4.05. The standard InChI is InChI=1S/C13H10ClF2NO4S/c14-10-4-5-11(21-13(15)16)9(7-10)8-22(19,20)12-3-1-2-6-17(12)18/h1-7,13H,8H2. The largest absolute Gasteiger partial charge is 0.618 e. The van der Waals surface area contributed by atoms with Crippen molar-refractivity contribution in [1.29, 1.82) is 0 Å². The molecule has 0 aliphatic rings. The molecular formula is C13H10ClF2NO4S. The summed E-state index contributed by atoms with van der Waals surface area (Å²) in [6.07, 6.45) is 1.03. The maximum Gasteiger partial charge on any atom is 0.387 e. The zero-order chi connectivity index (χ0) is 16.3. The van der Waals surface area contributed by atoms with Crippen LogP contribution in [0.2, 0.25) is 5.02 Å². The maximum absolute atomic E-state index is 12.4. The third kappa shape index (κ3) is 3.83. The van der Waals surface area contributed by atoms with Gasteiger partial charge in [0.05, 0.1) is 5.75 Å². The molecule has 22 heavy (non-hydrogen) atoms. The number of nitrogens with zero attached hydrogens (tertiary/aromatic N) is 1. The fourth-order valence-corrected chi connectivity index (χ4v) is 3.40. The van der Waals surface area contributed by atoms with Gasteiger partial charge in [-0.25, -0.2) is 8.42 Å². The molecular weight excluding hydrogens is 340 g/mol. The molecule has 1 heterocycles. The Bertz CT molecular complexity index is 783. The molecule has 0 fully saturated rings. The highest BCUT2D eigenvalue weighted by Gasteiger charge is 2.26. The predicted molar refractivity (Wildman–Crippen MR) is 74.4 cm³/mol. The molecule has 0 aliphatic heterocycles. The maximum atomic E-state index is 12.4. The van der Waals surface area contributed by atoms with Crippen molar-refractivity contribution in [3.63, 3.8) is 0 Å². The Kier molecular flexibility index (Phi) is 4.82. The van der Waals surface area contributed by atoms with Crippen molar-refractivity contribution < 1.29 is 26.7 Å². The van der Waals surface area contributed by atoms with Crippen molar-refractivity contribution in [2.75, 3.05) is 0 Å². The molecule has 0 radical (unpaired) electrons. The van der Waals surface area contributed by atoms with Crippen LogP contribution < -0.4 is 9.47 Å². The van der Waals surface area contributed by atoms with E-state index in [0.717, 1.165) is 18.3 Å². The van der Waals surface area contributed by atoms with Crippen LogP contribution in [0.5, 0.6) is 5.75 Å². The molecule has 0 amide bonds. The highest BCUT2D eigenvalue weighted by atomic mass is 35.5. The molecule has 1 aromatic carbocycles. The van der Waals surface area contributed by atoms with Crippen LogP contribution in [0.4, 0.5) is 8.78 Å². The van der Waals surface area contributed by atoms with Gasteiger partial charge in [0.25, 0.3) is 0 Å². The van der Waals surface area contributed by atoms with Gasteiger partial charge in [-0.1, -0.05) is 11.6 Å². The van der Waals surface area contributed by atoms with E-state index in [1.807, 2.05) is 0 Å². The Morgan fingerprint density at radius 1 is 1.27 bits per heavy atom. The quantitative estimate of drug-likeness (QED) is 0.614. The third-order valence-corrected chi connectivity index (χ3v) is 4.57. The first-order valence-corrected chi connectivity index (χ1v) is 7.97. The summed E-state index contributed by atoms with van der Waals surface area (Å²) >= 11 is 5.75. The molecule has 1 aromatic heterocycles. The summed E-state index contributed by atoms with van der Waals surface area (Å²) in [6.45, 7) is -3.11. The second-order valence-corrected chi connectivity index (χ2v) is 6.63. The van der Waals surface area contributed by atoms with Crippen LogP contribution in [-0.4, -0.2) is 15.0 Å². The minimum absolute atomic E-state index is 0.0587. The molecule has 2 rings (SSSR count). The fourth-order valence-electron chi connectivity index (χ4n) is 1.80. The second kappa shape index (κ2) is 6.45. The van der Waals surface area contributed by atoms with E-state index >= 15 is 0 Å². The molecule has 118 valence electrons. The first-order valence-electron chi connectivity index (χ1n) is 5.94. The van der Waals surface area contributed by atoms with E-state index in [4.69, 9.17) is 11.6 Å². The number of halogens is 3. The number of sulfone groups is 1. The van der Waals surface area contributed by atoms with Gasteiger partial charge in [-0.2, -0.15) is 13.5 Å². The van der Waals surface area contributed by atoms with Crippen LogP contribution >= 0.6 is 11.6 Å². The lowest BCUT2D eigenvalue weighted by Crippen LogP contribution is -2.33. The average Bonchev–Trinajstić information content (AvgIpc) is 2.41. The smallest absolute Gasteiger partial charge is 0.387 e. The summed E-state index contributed by atoms with van der Waals surface area (Å²) in [5.41, 5.74) is -0.0587. The Balaban J connectivity index is 2.41. The number of pyridine rings is 1. The highest BCUT2D eigenvalue weighted by Crippen LogP contribution is 2.27. The Morgan fingerprint density at radius 3 is 2.64 bits per heavy atom. The molecule has 0 atom stereocenters. The van der Waals surface area contributed by atoms with E-state index < -0.39 is 27.2 Å². The van der Waals surface area contributed by atoms with Crippen molar-refractivity contribution >= 4 is 21.4 Å². The van der Waals surface area contributed by atoms with Gasteiger partial charge >= 0.3 is 11.6 Å². The minimum Gasteiger partial charge on any atom is -0.618 e. The fraction of sp³-hybridized carbons (Fsp3) is 0.154. The van der Waals surface area contributed by atoms with E-state index in [1.165, 1.54) is 24.3 Å². The van der Waals surface area contributed by atoms with Gasteiger partial charge in [-0.3, -0.25) is 0 Å². The lowest BCUT2D eigenvalue weighted by atomic mass is 10.2. The lowest BCUT2D eigenvalue weighted by Gasteiger charge is -2.11. The summed E-state index contributed by atoms with van der Waals surface area (Å²) in [6, 6.07) is 7.53. The molecule has 0 bridgehead atoms. The number of benzene rings is 1. The Morgan fingerprint density at radius 2 is 2.00 bits per heavy atom. The van der Waals surface area contributed by atoms with Crippen LogP contribution in [-0.2, 0) is 15.6 Å². The first kappa shape index (κ1) is 16.4. The van der Waals surface area contributed by atoms with Gasteiger partial charge in [-0.05, 0) is 24.3 Å². The van der Waals surface area contributed by atoms with Crippen molar-refractivity contribution in [3.05, 3.63) is 58.4 Å². The summed E-state index contributed by atoms with van der Waals surface area (Å²) < 4.78 is 53.7. The number of aromatic nitrogens is 1. The van der Waals surface area contributed by atoms with Gasteiger partial charge in [0.1, 0.15) is 5.75 Å². The van der Waals surface area contributed by atoms with Gasteiger partial charge in [0.2, 0.25) is 9.84 Å². The normalized spacial score (nSPS) is 11.6. The van der Waals surface area contributed by atoms with E-state index in [-0.39, 0.29) is 21.1 Å². The van der Waals surface area contributed by atoms with Crippen LogP contribution in [0.15, 0.2) is 47.6 Å². The van der Waals surface area contributed by atoms with E-state index in [1.54, 1.807) is 0 Å². The zero-order valence-corrected chi connectivity index (χ0v) is 12.5. The Labute approximate surface area is 130 Å². The summed E-state index contributed by atoms with van der Waals surface area (Å²) in [7, 11) is -4.05. The van der Waals surface area contributed by atoms with Gasteiger partial charge < -0.3 is 9.94 Å². The van der Waals surface area contributed by atoms with Crippen LogP contribution in [0, 0.1) is 5.21 Å². The predicted octanol–water partition coefficient (Wildman–Crippen LogP) is 2.55. The lowest BCUT2D eigenvalue weighted by molar-refractivity contribution is -0.646. The molecule has 2 aromatic rings. The zero-order valence-electron chi connectivity index (χ0n) is 10.9. The van der Waals surface area contributed by atoms with Gasteiger partial charge in [0.15, 0.2) is 6.20 Å². The molecule has 5 nitrogen and oxygen atoms in total. The molecule has 0 aliphatic carbocycles. The molecule has 0 N–H and O–H groups in total. The average molecular weight is 350 g/mol. The SMILES string of the molecule is O=S(=O)(Cc1cc(Cl)ccc1OC(F)F)c1cccc[n+]1[O-]. The molecule has 0 spiro atoms. The third-order valence-electron chi connectivity index (χ3n) is 2.69. The number of ether oxygens (including phenoxy) is 1. The van der Waals surface area contributed by atoms with E-state index in [9.17, 15) is 22.4 Å². The summed E-state index contributed by atoms with van der Waals surface area (Å²) in [4.78, 5) is 0. The number of hydrogen-bond donors (Lipinski definition) is 0. The van der Waals surface area contributed by atoms with E-state index in [2.05, 4.69) is 4.74 Å². The monoisotopic (exact) mass is 349 g/mol. The van der Waals surface area contributed by atoms with Gasteiger partial charge in [-0.15, -0.1) is 0 Å². The highest BCUT2D eigenvalue weighted by molar-refractivity contribution is 7.90. The number of alkyl halides is 2. The van der Waals surface area contributed by atoms with Crippen LogP contribution in [0.25, 0.3) is 0 Å². The van der Waals surface area contributed by atoms with E-state index in [0.29, 0.717) is 0 Å². The first-order chi connectivity index (χ1) is 10.3. The summed E-state index contributed by atoms with van der Waals surface area (Å²) in [5, 5.41) is 11.2. The van der Waals surface area contributed by atoms with Gasteiger partial charge in [0, 0.05) is 22.7 Å². The summed E-state index contributed by atoms with van der Waals surface area (Å²) in [5.74, 6) is -1.00. The van der Waals surface area contributed by atoms with Crippen LogP contribution in [0.1, 0.15) is 5.56 Å². The van der Waals surface area contributed by atoms with Crippen molar-refractivity contribution in [2.45, 2.75) is 17.4 Å². The number of rotatable bonds is 5. The van der Waals surface area contributed by atoms with Crippen molar-refractivity contribution in [1.82, 2.24) is 0 Å². The molecule has 0 saturated carbocycles. The van der Waals surface area contributed by atoms with Crippen LogP contribution in [0.3, 0.4) is 0 Å². The topological polar surface area (TPSA) is 70.3 Å². The van der Waals surface area contributed by atoms with Crippen molar-refractivity contribution in [3.8, 4) is 5.75 Å². The van der Waals surface area contributed by atoms with Crippen molar-refractivity contribution in [2.24, 2.45) is 0 Å². The molecule has 0 unspecified atom stereocenters. The molecule has 0 saturated heterocycles. The number of hydrogen-bond acceptors (Lipinski definition) is 4. The second-order valence-electron chi connectivity index (χ2n) is 4.25. The molecule has 9 heteroatoms. The Hall–Kier alpha value is -1.93.